The summed E-state index contributed by atoms with van der Waals surface area (Å²) in [5, 5.41) is 8.17. The van der Waals surface area contributed by atoms with Crippen LogP contribution in [-0.2, 0) is 4.74 Å². The third-order valence-corrected chi connectivity index (χ3v) is 5.01. The van der Waals surface area contributed by atoms with Crippen LogP contribution in [0.4, 0.5) is 5.82 Å². The van der Waals surface area contributed by atoms with Crippen LogP contribution < -0.4 is 5.32 Å². The monoisotopic (exact) mass is 334 g/mol. The Labute approximate surface area is 136 Å². The highest BCUT2D eigenvalue weighted by molar-refractivity contribution is 7.19. The zero-order valence-electron chi connectivity index (χ0n) is 11.8. The number of anilines is 1. The van der Waals surface area contributed by atoms with Gasteiger partial charge in [0.2, 0.25) is 0 Å². The van der Waals surface area contributed by atoms with Gasteiger partial charge in [-0.2, -0.15) is 0 Å². The lowest BCUT2D eigenvalue weighted by Crippen LogP contribution is -2.28. The Morgan fingerprint density at radius 1 is 1.23 bits per heavy atom. The van der Waals surface area contributed by atoms with Crippen molar-refractivity contribution in [2.75, 3.05) is 18.5 Å². The van der Waals surface area contributed by atoms with E-state index in [1.807, 2.05) is 35.0 Å². The molecular formula is C15H15ClN4OS. The van der Waals surface area contributed by atoms with Crippen molar-refractivity contribution in [2.45, 2.75) is 18.9 Å². The number of thiophene rings is 1. The molecule has 0 spiro atoms. The van der Waals surface area contributed by atoms with Crippen LogP contribution in [-0.4, -0.2) is 33.9 Å². The van der Waals surface area contributed by atoms with Gasteiger partial charge in [0.15, 0.2) is 5.65 Å². The van der Waals surface area contributed by atoms with Gasteiger partial charge in [0.05, 0.1) is 15.4 Å². The standard InChI is InChI=1S/C15H15ClN4OS/c16-13-2-1-12(22-13)11-9-17-15-4-3-14(19-20(11)15)18-10-5-7-21-8-6-10/h1-4,9-10H,5-8H2,(H,18,19). The van der Waals surface area contributed by atoms with Gasteiger partial charge in [-0.15, -0.1) is 16.4 Å². The Bertz CT molecular complexity index is 794. The van der Waals surface area contributed by atoms with Crippen LogP contribution in [0.1, 0.15) is 12.8 Å². The Hall–Kier alpha value is -1.63. The maximum atomic E-state index is 6.03. The lowest BCUT2D eigenvalue weighted by Gasteiger charge is -2.23. The second-order valence-electron chi connectivity index (χ2n) is 5.27. The molecule has 0 saturated carbocycles. The van der Waals surface area contributed by atoms with Crippen molar-refractivity contribution in [1.82, 2.24) is 14.6 Å². The number of hydrogen-bond donors (Lipinski definition) is 1. The quantitative estimate of drug-likeness (QED) is 0.793. The van der Waals surface area contributed by atoms with E-state index in [2.05, 4.69) is 15.4 Å². The van der Waals surface area contributed by atoms with Crippen molar-refractivity contribution < 1.29 is 4.74 Å². The molecule has 1 saturated heterocycles. The Morgan fingerprint density at radius 2 is 2.09 bits per heavy atom. The maximum Gasteiger partial charge on any atom is 0.154 e. The molecule has 0 atom stereocenters. The molecular weight excluding hydrogens is 320 g/mol. The van der Waals surface area contributed by atoms with Gasteiger partial charge >= 0.3 is 0 Å². The molecule has 0 aliphatic carbocycles. The first kappa shape index (κ1) is 14.0. The number of hydrogen-bond acceptors (Lipinski definition) is 5. The summed E-state index contributed by atoms with van der Waals surface area (Å²) in [6.07, 6.45) is 3.86. The van der Waals surface area contributed by atoms with Gasteiger partial charge in [-0.1, -0.05) is 11.6 Å². The highest BCUT2D eigenvalue weighted by atomic mass is 35.5. The summed E-state index contributed by atoms with van der Waals surface area (Å²) in [7, 11) is 0. The normalized spacial score (nSPS) is 16.2. The van der Waals surface area contributed by atoms with Crippen molar-refractivity contribution in [2.24, 2.45) is 0 Å². The van der Waals surface area contributed by atoms with Gasteiger partial charge in [-0.05, 0) is 37.1 Å². The molecule has 4 heterocycles. The molecule has 4 rings (SSSR count). The second-order valence-corrected chi connectivity index (χ2v) is 6.98. The van der Waals surface area contributed by atoms with Gasteiger partial charge in [-0.3, -0.25) is 0 Å². The predicted octanol–water partition coefficient (Wildman–Crippen LogP) is 3.70. The minimum Gasteiger partial charge on any atom is -0.381 e. The summed E-state index contributed by atoms with van der Waals surface area (Å²) >= 11 is 7.56. The molecule has 0 aromatic carbocycles. The lowest BCUT2D eigenvalue weighted by molar-refractivity contribution is 0.0903. The fraction of sp³-hybridized carbons (Fsp3) is 0.333. The summed E-state index contributed by atoms with van der Waals surface area (Å²) in [6, 6.07) is 8.26. The molecule has 5 nitrogen and oxygen atoms in total. The summed E-state index contributed by atoms with van der Waals surface area (Å²) in [5.74, 6) is 0.862. The van der Waals surface area contributed by atoms with Crippen LogP contribution in [0, 0.1) is 0 Å². The largest absolute Gasteiger partial charge is 0.381 e. The smallest absolute Gasteiger partial charge is 0.154 e. The number of nitrogens with zero attached hydrogens (tertiary/aromatic N) is 3. The first-order valence-electron chi connectivity index (χ1n) is 7.24. The fourth-order valence-corrected chi connectivity index (χ4v) is 3.66. The van der Waals surface area contributed by atoms with Crippen molar-refractivity contribution in [3.05, 3.63) is 34.8 Å². The third kappa shape index (κ3) is 2.69. The molecule has 3 aromatic heterocycles. The summed E-state index contributed by atoms with van der Waals surface area (Å²) in [5.41, 5.74) is 1.79. The number of fused-ring (bicyclic) bond motifs is 1. The van der Waals surface area contributed by atoms with Crippen molar-refractivity contribution in [3.8, 4) is 10.6 Å². The molecule has 22 heavy (non-hydrogen) atoms. The van der Waals surface area contributed by atoms with Gasteiger partial charge in [0.25, 0.3) is 0 Å². The maximum absolute atomic E-state index is 6.03. The zero-order chi connectivity index (χ0) is 14.9. The first-order chi connectivity index (χ1) is 10.8. The van der Waals surface area contributed by atoms with Crippen LogP contribution in [0.5, 0.6) is 0 Å². The topological polar surface area (TPSA) is 51.5 Å². The van der Waals surface area contributed by atoms with E-state index < -0.39 is 0 Å². The van der Waals surface area contributed by atoms with Gasteiger partial charge in [-0.25, -0.2) is 9.50 Å². The number of nitrogens with one attached hydrogen (secondary N) is 1. The summed E-state index contributed by atoms with van der Waals surface area (Å²) < 4.78 is 8.02. The number of aromatic nitrogens is 3. The number of imidazole rings is 1. The van der Waals surface area contributed by atoms with E-state index in [9.17, 15) is 0 Å². The molecule has 0 bridgehead atoms. The van der Waals surface area contributed by atoms with Crippen LogP contribution in [0.15, 0.2) is 30.5 Å². The van der Waals surface area contributed by atoms with E-state index >= 15 is 0 Å². The molecule has 0 radical (unpaired) electrons. The minimum atomic E-state index is 0.418. The van der Waals surface area contributed by atoms with E-state index in [0.717, 1.165) is 52.4 Å². The Morgan fingerprint density at radius 3 is 2.86 bits per heavy atom. The zero-order valence-corrected chi connectivity index (χ0v) is 13.4. The summed E-state index contributed by atoms with van der Waals surface area (Å²) in [4.78, 5) is 5.47. The molecule has 7 heteroatoms. The number of ether oxygens (including phenoxy) is 1. The Kier molecular flexibility index (Phi) is 3.73. The molecule has 1 fully saturated rings. The molecule has 0 amide bonds. The predicted molar refractivity (Wildman–Crippen MR) is 88.8 cm³/mol. The molecule has 114 valence electrons. The van der Waals surface area contributed by atoms with Crippen molar-refractivity contribution >= 4 is 34.4 Å². The molecule has 0 unspecified atom stereocenters. The second kappa shape index (κ2) is 5.87. The highest BCUT2D eigenvalue weighted by Gasteiger charge is 2.15. The lowest BCUT2D eigenvalue weighted by atomic mass is 10.1. The van der Waals surface area contributed by atoms with Gasteiger partial charge in [0.1, 0.15) is 11.5 Å². The number of rotatable bonds is 3. The van der Waals surface area contributed by atoms with Crippen LogP contribution in [0.2, 0.25) is 4.34 Å². The van der Waals surface area contributed by atoms with E-state index in [0.29, 0.717) is 6.04 Å². The van der Waals surface area contributed by atoms with Gasteiger partial charge in [0, 0.05) is 19.3 Å². The average Bonchev–Trinajstić information content (AvgIpc) is 3.14. The highest BCUT2D eigenvalue weighted by Crippen LogP contribution is 2.31. The Balaban J connectivity index is 1.67. The average molecular weight is 335 g/mol. The number of halogens is 1. The first-order valence-corrected chi connectivity index (χ1v) is 8.44. The van der Waals surface area contributed by atoms with Crippen molar-refractivity contribution in [1.29, 1.82) is 0 Å². The molecule has 1 aliphatic rings. The van der Waals surface area contributed by atoms with Crippen LogP contribution in [0.25, 0.3) is 16.2 Å². The van der Waals surface area contributed by atoms with E-state index in [1.165, 1.54) is 11.3 Å². The molecule has 1 N–H and O–H groups in total. The fourth-order valence-electron chi connectivity index (χ4n) is 2.62. The van der Waals surface area contributed by atoms with Crippen molar-refractivity contribution in [3.63, 3.8) is 0 Å². The minimum absolute atomic E-state index is 0.418. The van der Waals surface area contributed by atoms with E-state index in [4.69, 9.17) is 16.3 Å². The van der Waals surface area contributed by atoms with Crippen LogP contribution in [0.3, 0.4) is 0 Å². The van der Waals surface area contributed by atoms with Crippen LogP contribution >= 0.6 is 22.9 Å². The van der Waals surface area contributed by atoms with E-state index in [-0.39, 0.29) is 0 Å². The van der Waals surface area contributed by atoms with E-state index in [1.54, 1.807) is 0 Å². The summed E-state index contributed by atoms with van der Waals surface area (Å²) in [6.45, 7) is 1.62. The molecule has 3 aromatic rings. The third-order valence-electron chi connectivity index (χ3n) is 3.76. The van der Waals surface area contributed by atoms with Gasteiger partial charge < -0.3 is 10.1 Å². The SMILES string of the molecule is Clc1ccc(-c2cnc3ccc(NC4CCOCC4)nn23)s1. The molecule has 1 aliphatic heterocycles.